The van der Waals surface area contributed by atoms with Gasteiger partial charge in [0, 0.05) is 19.0 Å². The minimum absolute atomic E-state index is 0.00903. The molecule has 2 aromatic rings. The first-order chi connectivity index (χ1) is 12.9. The zero-order valence-electron chi connectivity index (χ0n) is 15.6. The number of carbonyl (C=O) groups excluding carboxylic acids is 1. The molecular formula is C21H26N2O3S. The number of rotatable bonds is 9. The predicted molar refractivity (Wildman–Crippen MR) is 106 cm³/mol. The summed E-state index contributed by atoms with van der Waals surface area (Å²) in [5, 5.41) is 2.94. The topological polar surface area (TPSA) is 75.3 Å². The van der Waals surface area contributed by atoms with Gasteiger partial charge in [0.05, 0.1) is 4.90 Å². The molecule has 1 aliphatic carbocycles. The molecule has 0 aliphatic heterocycles. The van der Waals surface area contributed by atoms with Crippen molar-refractivity contribution in [3.63, 3.8) is 0 Å². The molecule has 0 radical (unpaired) electrons. The summed E-state index contributed by atoms with van der Waals surface area (Å²) in [6.45, 7) is 2.67. The van der Waals surface area contributed by atoms with Crippen LogP contribution in [-0.4, -0.2) is 26.9 Å². The minimum Gasteiger partial charge on any atom is -0.356 e. The summed E-state index contributed by atoms with van der Waals surface area (Å²) in [6, 6.07) is 15.1. The third-order valence-electron chi connectivity index (χ3n) is 4.59. The highest BCUT2D eigenvalue weighted by Gasteiger charge is 2.27. The number of sulfonamides is 1. The number of amides is 1. The Morgan fingerprint density at radius 1 is 1.04 bits per heavy atom. The zero-order valence-corrected chi connectivity index (χ0v) is 16.4. The van der Waals surface area contributed by atoms with E-state index in [4.69, 9.17) is 0 Å². The molecule has 1 amide bonds. The molecule has 1 fully saturated rings. The molecule has 0 spiro atoms. The van der Waals surface area contributed by atoms with E-state index in [0.717, 1.165) is 24.8 Å². The number of benzene rings is 2. The van der Waals surface area contributed by atoms with Crippen LogP contribution >= 0.6 is 0 Å². The van der Waals surface area contributed by atoms with E-state index >= 15 is 0 Å². The second-order valence-corrected chi connectivity index (χ2v) is 8.84. The molecular weight excluding hydrogens is 360 g/mol. The summed E-state index contributed by atoms with van der Waals surface area (Å²) in [7, 11) is -3.42. The van der Waals surface area contributed by atoms with Crippen molar-refractivity contribution in [2.75, 3.05) is 6.54 Å². The predicted octanol–water partition coefficient (Wildman–Crippen LogP) is 2.73. The molecule has 0 saturated heterocycles. The highest BCUT2D eigenvalue weighted by Crippen LogP contribution is 2.22. The molecule has 0 unspecified atom stereocenters. The standard InChI is InChI=1S/C21H26N2O3S/c1-16-3-2-4-18(15-16)13-14-22-21(24)12-7-17-5-10-20(11-6-17)27(25,26)23-19-8-9-19/h2-6,10-11,15,19,23H,7-9,12-14H2,1H3,(H,22,24). The third kappa shape index (κ3) is 6.19. The second kappa shape index (κ2) is 8.67. The van der Waals surface area contributed by atoms with E-state index in [1.165, 1.54) is 11.1 Å². The Hall–Kier alpha value is -2.18. The average Bonchev–Trinajstić information content (AvgIpc) is 3.44. The Morgan fingerprint density at radius 3 is 2.44 bits per heavy atom. The van der Waals surface area contributed by atoms with Crippen molar-refractivity contribution < 1.29 is 13.2 Å². The van der Waals surface area contributed by atoms with Gasteiger partial charge in [0.25, 0.3) is 0 Å². The molecule has 0 atom stereocenters. The summed E-state index contributed by atoms with van der Waals surface area (Å²) in [6.07, 6.45) is 3.62. The molecule has 6 heteroatoms. The maximum atomic E-state index is 12.1. The van der Waals surface area contributed by atoms with Gasteiger partial charge < -0.3 is 5.32 Å². The Bertz CT molecular complexity index is 888. The summed E-state index contributed by atoms with van der Waals surface area (Å²) in [5.41, 5.74) is 3.39. The van der Waals surface area contributed by atoms with E-state index in [1.807, 2.05) is 6.07 Å². The van der Waals surface area contributed by atoms with Gasteiger partial charge >= 0.3 is 0 Å². The number of hydrogen-bond acceptors (Lipinski definition) is 3. The van der Waals surface area contributed by atoms with Crippen LogP contribution in [0.5, 0.6) is 0 Å². The lowest BCUT2D eigenvalue weighted by Gasteiger charge is -2.08. The van der Waals surface area contributed by atoms with E-state index < -0.39 is 10.0 Å². The average molecular weight is 387 g/mol. The van der Waals surface area contributed by atoms with Gasteiger partial charge in [-0.05, 0) is 55.9 Å². The normalized spacial score (nSPS) is 14.1. The van der Waals surface area contributed by atoms with Crippen LogP contribution in [-0.2, 0) is 27.7 Å². The first-order valence-electron chi connectivity index (χ1n) is 9.36. The Kier molecular flexibility index (Phi) is 6.29. The van der Waals surface area contributed by atoms with E-state index in [2.05, 4.69) is 35.2 Å². The van der Waals surface area contributed by atoms with Crippen LogP contribution in [0.2, 0.25) is 0 Å². The van der Waals surface area contributed by atoms with E-state index in [-0.39, 0.29) is 16.8 Å². The maximum Gasteiger partial charge on any atom is 0.240 e. The van der Waals surface area contributed by atoms with Crippen molar-refractivity contribution in [2.24, 2.45) is 0 Å². The largest absolute Gasteiger partial charge is 0.356 e. The van der Waals surface area contributed by atoms with Gasteiger partial charge in [0.15, 0.2) is 0 Å². The Morgan fingerprint density at radius 2 is 1.78 bits per heavy atom. The van der Waals surface area contributed by atoms with Crippen molar-refractivity contribution in [3.05, 3.63) is 65.2 Å². The molecule has 144 valence electrons. The van der Waals surface area contributed by atoms with Gasteiger partial charge in [0.1, 0.15) is 0 Å². The number of aryl methyl sites for hydroxylation is 2. The van der Waals surface area contributed by atoms with E-state index in [1.54, 1.807) is 24.3 Å². The highest BCUT2D eigenvalue weighted by atomic mass is 32.2. The van der Waals surface area contributed by atoms with Gasteiger partial charge in [-0.1, -0.05) is 42.0 Å². The van der Waals surface area contributed by atoms with Crippen molar-refractivity contribution in [3.8, 4) is 0 Å². The van der Waals surface area contributed by atoms with Crippen molar-refractivity contribution >= 4 is 15.9 Å². The molecule has 1 saturated carbocycles. The molecule has 0 aromatic heterocycles. The molecule has 5 nitrogen and oxygen atoms in total. The molecule has 2 N–H and O–H groups in total. The van der Waals surface area contributed by atoms with Crippen molar-refractivity contribution in [1.82, 2.24) is 10.0 Å². The minimum atomic E-state index is -3.42. The highest BCUT2D eigenvalue weighted by molar-refractivity contribution is 7.89. The SMILES string of the molecule is Cc1cccc(CCNC(=O)CCc2ccc(S(=O)(=O)NC3CC3)cc2)c1. The van der Waals surface area contributed by atoms with E-state index in [9.17, 15) is 13.2 Å². The van der Waals surface area contributed by atoms with Crippen molar-refractivity contribution in [1.29, 1.82) is 0 Å². The van der Waals surface area contributed by atoms with Crippen LogP contribution < -0.4 is 10.0 Å². The quantitative estimate of drug-likeness (QED) is 0.696. The monoisotopic (exact) mass is 386 g/mol. The Labute approximate surface area is 161 Å². The van der Waals surface area contributed by atoms with Crippen LogP contribution in [0.4, 0.5) is 0 Å². The second-order valence-electron chi connectivity index (χ2n) is 7.13. The van der Waals surface area contributed by atoms with Gasteiger partial charge in [0.2, 0.25) is 15.9 Å². The fourth-order valence-corrected chi connectivity index (χ4v) is 4.19. The first kappa shape index (κ1) is 19.6. The van der Waals surface area contributed by atoms with E-state index in [0.29, 0.717) is 19.4 Å². The summed E-state index contributed by atoms with van der Waals surface area (Å²) in [5.74, 6) is 0.00903. The van der Waals surface area contributed by atoms with Crippen LogP contribution in [0.3, 0.4) is 0 Å². The van der Waals surface area contributed by atoms with Gasteiger partial charge in [-0.15, -0.1) is 0 Å². The molecule has 27 heavy (non-hydrogen) atoms. The third-order valence-corrected chi connectivity index (χ3v) is 6.13. The van der Waals surface area contributed by atoms with Gasteiger partial charge in [-0.2, -0.15) is 0 Å². The van der Waals surface area contributed by atoms with Crippen LogP contribution in [0.1, 0.15) is 36.0 Å². The number of carbonyl (C=O) groups is 1. The maximum absolute atomic E-state index is 12.1. The summed E-state index contributed by atoms with van der Waals surface area (Å²) >= 11 is 0. The fourth-order valence-electron chi connectivity index (χ4n) is 2.88. The molecule has 3 rings (SSSR count). The summed E-state index contributed by atoms with van der Waals surface area (Å²) < 4.78 is 26.9. The fraction of sp³-hybridized carbons (Fsp3) is 0.381. The Balaban J connectivity index is 1.42. The number of nitrogens with one attached hydrogen (secondary N) is 2. The first-order valence-corrected chi connectivity index (χ1v) is 10.8. The molecule has 1 aliphatic rings. The van der Waals surface area contributed by atoms with Crippen LogP contribution in [0, 0.1) is 6.92 Å². The lowest BCUT2D eigenvalue weighted by molar-refractivity contribution is -0.121. The smallest absolute Gasteiger partial charge is 0.240 e. The molecule has 0 heterocycles. The lowest BCUT2D eigenvalue weighted by atomic mass is 10.1. The van der Waals surface area contributed by atoms with Gasteiger partial charge in [-0.25, -0.2) is 13.1 Å². The summed E-state index contributed by atoms with van der Waals surface area (Å²) in [4.78, 5) is 12.3. The lowest BCUT2D eigenvalue weighted by Crippen LogP contribution is -2.26. The number of hydrogen-bond donors (Lipinski definition) is 2. The van der Waals surface area contributed by atoms with Crippen LogP contribution in [0.25, 0.3) is 0 Å². The molecule has 2 aromatic carbocycles. The van der Waals surface area contributed by atoms with Crippen LogP contribution in [0.15, 0.2) is 53.4 Å². The molecule has 0 bridgehead atoms. The van der Waals surface area contributed by atoms with Gasteiger partial charge in [-0.3, -0.25) is 4.79 Å². The van der Waals surface area contributed by atoms with Crippen molar-refractivity contribution in [2.45, 2.75) is 50.0 Å². The zero-order chi connectivity index (χ0) is 19.3.